The van der Waals surface area contributed by atoms with E-state index in [2.05, 4.69) is 4.98 Å². The largest absolute Gasteiger partial charge is 0.322 e. The van der Waals surface area contributed by atoms with Gasteiger partial charge in [-0.2, -0.15) is 0 Å². The number of nitrogens with zero attached hydrogens (tertiary/aromatic N) is 1. The Labute approximate surface area is 106 Å². The van der Waals surface area contributed by atoms with Gasteiger partial charge >= 0.3 is 0 Å². The molecule has 0 saturated heterocycles. The van der Waals surface area contributed by atoms with Crippen LogP contribution < -0.4 is 5.73 Å². The maximum absolute atomic E-state index is 12.1. The van der Waals surface area contributed by atoms with Crippen molar-refractivity contribution in [3.05, 3.63) is 16.1 Å². The summed E-state index contributed by atoms with van der Waals surface area (Å²) in [6.45, 7) is 1.90. The lowest BCUT2D eigenvalue weighted by Gasteiger charge is -2.20. The Morgan fingerprint density at radius 3 is 2.82 bits per heavy atom. The van der Waals surface area contributed by atoms with E-state index in [1.54, 1.807) is 0 Å². The number of carbonyl (C=O) groups is 1. The zero-order chi connectivity index (χ0) is 12.3. The molecule has 2 N–H and O–H groups in total. The van der Waals surface area contributed by atoms with Crippen LogP contribution in [0.3, 0.4) is 0 Å². The first-order chi connectivity index (χ1) is 8.16. The van der Waals surface area contributed by atoms with E-state index >= 15 is 0 Å². The molecule has 0 amide bonds. The summed E-state index contributed by atoms with van der Waals surface area (Å²) in [6.07, 6.45) is 6.96. The fourth-order valence-electron chi connectivity index (χ4n) is 2.38. The second-order valence-corrected chi connectivity index (χ2v) is 5.88. The van der Waals surface area contributed by atoms with Gasteiger partial charge < -0.3 is 5.73 Å². The predicted molar refractivity (Wildman–Crippen MR) is 70.2 cm³/mol. The minimum atomic E-state index is -0.0729. The van der Waals surface area contributed by atoms with Crippen LogP contribution in [0.2, 0.25) is 0 Å². The summed E-state index contributed by atoms with van der Waals surface area (Å²) < 4.78 is 0. The minimum absolute atomic E-state index is 0.0729. The van der Waals surface area contributed by atoms with E-state index in [0.29, 0.717) is 18.0 Å². The van der Waals surface area contributed by atoms with Gasteiger partial charge in [0.05, 0.1) is 6.04 Å². The summed E-state index contributed by atoms with van der Waals surface area (Å²) >= 11 is 1.49. The molecular weight excluding hydrogens is 232 g/mol. The van der Waals surface area contributed by atoms with Gasteiger partial charge in [0.15, 0.2) is 5.78 Å². The fraction of sp³-hybridized carbons (Fsp3) is 0.692. The third-order valence-electron chi connectivity index (χ3n) is 3.40. The smallest absolute Gasteiger partial charge is 0.182 e. The van der Waals surface area contributed by atoms with Crippen LogP contribution in [0.4, 0.5) is 0 Å². The summed E-state index contributed by atoms with van der Waals surface area (Å²) in [5.41, 5.74) is 6.37. The molecule has 2 rings (SSSR count). The van der Waals surface area contributed by atoms with Gasteiger partial charge in [0.25, 0.3) is 0 Å². The molecule has 1 heterocycles. The van der Waals surface area contributed by atoms with E-state index < -0.39 is 0 Å². The molecule has 3 nitrogen and oxygen atoms in total. The van der Waals surface area contributed by atoms with Gasteiger partial charge in [-0.25, -0.2) is 4.98 Å². The molecule has 1 saturated carbocycles. The highest BCUT2D eigenvalue weighted by Gasteiger charge is 2.20. The van der Waals surface area contributed by atoms with E-state index in [1.807, 2.05) is 12.3 Å². The lowest BCUT2D eigenvalue weighted by atomic mass is 9.85. The zero-order valence-electron chi connectivity index (χ0n) is 10.3. The number of nitrogens with two attached hydrogens (primary N) is 1. The fourth-order valence-corrected chi connectivity index (χ4v) is 3.17. The first kappa shape index (κ1) is 12.7. The number of thiazole rings is 1. The van der Waals surface area contributed by atoms with Crippen molar-refractivity contribution >= 4 is 17.1 Å². The number of hydrogen-bond donors (Lipinski definition) is 1. The van der Waals surface area contributed by atoms with Crippen molar-refractivity contribution in [1.29, 1.82) is 0 Å². The van der Waals surface area contributed by atoms with Gasteiger partial charge in [-0.3, -0.25) is 4.79 Å². The van der Waals surface area contributed by atoms with Crippen molar-refractivity contribution in [2.24, 2.45) is 11.7 Å². The monoisotopic (exact) mass is 252 g/mol. The molecule has 1 unspecified atom stereocenters. The number of Topliss-reactive ketones (excluding diaryl/α,β-unsaturated/α-hetero) is 1. The SMILES string of the molecule is CC(N)c1nc(C(=O)CC2CCCCC2)cs1. The predicted octanol–water partition coefficient (Wildman–Crippen LogP) is 3.32. The van der Waals surface area contributed by atoms with Crippen LogP contribution >= 0.6 is 11.3 Å². The Bertz CT molecular complexity index is 381. The van der Waals surface area contributed by atoms with Crippen molar-refractivity contribution in [3.8, 4) is 0 Å². The molecule has 0 radical (unpaired) electrons. The zero-order valence-corrected chi connectivity index (χ0v) is 11.1. The molecule has 0 aromatic carbocycles. The molecule has 1 aliphatic carbocycles. The Hall–Kier alpha value is -0.740. The molecule has 1 aromatic heterocycles. The Kier molecular flexibility index (Phi) is 4.29. The second kappa shape index (κ2) is 5.74. The van der Waals surface area contributed by atoms with Crippen molar-refractivity contribution in [1.82, 2.24) is 4.98 Å². The number of carbonyl (C=O) groups excluding carboxylic acids is 1. The Morgan fingerprint density at radius 2 is 2.24 bits per heavy atom. The molecule has 0 aliphatic heterocycles. The Balaban J connectivity index is 1.94. The van der Waals surface area contributed by atoms with Crippen molar-refractivity contribution < 1.29 is 4.79 Å². The van der Waals surface area contributed by atoms with E-state index in [1.165, 1.54) is 43.4 Å². The van der Waals surface area contributed by atoms with Crippen LogP contribution in [-0.2, 0) is 0 Å². The van der Waals surface area contributed by atoms with E-state index in [4.69, 9.17) is 5.73 Å². The van der Waals surface area contributed by atoms with E-state index in [0.717, 1.165) is 5.01 Å². The van der Waals surface area contributed by atoms with Gasteiger partial charge in [-0.1, -0.05) is 32.1 Å². The second-order valence-electron chi connectivity index (χ2n) is 4.99. The summed E-state index contributed by atoms with van der Waals surface area (Å²) in [6, 6.07) is -0.0729. The average molecular weight is 252 g/mol. The van der Waals surface area contributed by atoms with Crippen molar-refractivity contribution in [2.75, 3.05) is 0 Å². The maximum Gasteiger partial charge on any atom is 0.182 e. The van der Waals surface area contributed by atoms with Crippen LogP contribution in [0.25, 0.3) is 0 Å². The molecular formula is C13H20N2OS. The molecule has 94 valence electrons. The minimum Gasteiger partial charge on any atom is -0.322 e. The maximum atomic E-state index is 12.1. The van der Waals surface area contributed by atoms with Gasteiger partial charge in [0, 0.05) is 11.8 Å². The van der Waals surface area contributed by atoms with Crippen molar-refractivity contribution in [3.63, 3.8) is 0 Å². The summed E-state index contributed by atoms with van der Waals surface area (Å²) in [4.78, 5) is 16.4. The Morgan fingerprint density at radius 1 is 1.53 bits per heavy atom. The highest BCUT2D eigenvalue weighted by Crippen LogP contribution is 2.28. The average Bonchev–Trinajstić information content (AvgIpc) is 2.79. The normalized spacial score (nSPS) is 19.2. The van der Waals surface area contributed by atoms with Crippen LogP contribution in [0.15, 0.2) is 5.38 Å². The highest BCUT2D eigenvalue weighted by atomic mass is 32.1. The first-order valence-corrected chi connectivity index (χ1v) is 7.29. The number of aromatic nitrogens is 1. The molecule has 1 fully saturated rings. The van der Waals surface area contributed by atoms with Gasteiger partial charge in [-0.05, 0) is 12.8 Å². The quantitative estimate of drug-likeness (QED) is 0.836. The molecule has 0 spiro atoms. The summed E-state index contributed by atoms with van der Waals surface area (Å²) in [7, 11) is 0. The van der Waals surface area contributed by atoms with Crippen molar-refractivity contribution in [2.45, 2.75) is 51.5 Å². The van der Waals surface area contributed by atoms with Gasteiger partial charge in [0.1, 0.15) is 10.7 Å². The van der Waals surface area contributed by atoms with E-state index in [9.17, 15) is 4.79 Å². The molecule has 0 bridgehead atoms. The summed E-state index contributed by atoms with van der Waals surface area (Å²) in [5, 5.41) is 2.71. The molecule has 1 aromatic rings. The number of rotatable bonds is 4. The third-order valence-corrected chi connectivity index (χ3v) is 4.44. The van der Waals surface area contributed by atoms with Crippen LogP contribution in [0.5, 0.6) is 0 Å². The first-order valence-electron chi connectivity index (χ1n) is 6.41. The number of hydrogen-bond acceptors (Lipinski definition) is 4. The lowest BCUT2D eigenvalue weighted by Crippen LogP contribution is -2.13. The highest BCUT2D eigenvalue weighted by molar-refractivity contribution is 7.09. The van der Waals surface area contributed by atoms with Gasteiger partial charge in [-0.15, -0.1) is 11.3 Å². The van der Waals surface area contributed by atoms with Crippen LogP contribution in [0, 0.1) is 5.92 Å². The molecule has 1 aliphatic rings. The molecule has 17 heavy (non-hydrogen) atoms. The van der Waals surface area contributed by atoms with Gasteiger partial charge in [0.2, 0.25) is 0 Å². The molecule has 4 heteroatoms. The topological polar surface area (TPSA) is 56.0 Å². The van der Waals surface area contributed by atoms with E-state index in [-0.39, 0.29) is 11.8 Å². The van der Waals surface area contributed by atoms with Crippen LogP contribution in [-0.4, -0.2) is 10.8 Å². The molecule has 1 atom stereocenters. The third kappa shape index (κ3) is 3.36. The lowest BCUT2D eigenvalue weighted by molar-refractivity contribution is 0.0946. The summed E-state index contributed by atoms with van der Waals surface area (Å²) in [5.74, 6) is 0.775. The standard InChI is InChI=1S/C13H20N2OS/c1-9(14)13-15-11(8-17-13)12(16)7-10-5-3-2-4-6-10/h8-10H,2-7,14H2,1H3. The number of ketones is 1. The van der Waals surface area contributed by atoms with Crippen LogP contribution in [0.1, 0.15) is 67.0 Å².